The second-order valence-corrected chi connectivity index (χ2v) is 9.24. The molecule has 4 aromatic rings. The summed E-state index contributed by atoms with van der Waals surface area (Å²) < 4.78 is 0. The predicted octanol–water partition coefficient (Wildman–Crippen LogP) is 4.15. The molecule has 0 radical (unpaired) electrons. The van der Waals surface area contributed by atoms with Gasteiger partial charge in [0, 0.05) is 50.7 Å². The van der Waals surface area contributed by atoms with Gasteiger partial charge in [-0.2, -0.15) is 0 Å². The van der Waals surface area contributed by atoms with E-state index in [1.807, 2.05) is 42.7 Å². The van der Waals surface area contributed by atoms with Crippen molar-refractivity contribution >= 4 is 34.3 Å². The molecule has 2 aliphatic rings. The van der Waals surface area contributed by atoms with Crippen LogP contribution in [0.15, 0.2) is 67.3 Å². The van der Waals surface area contributed by atoms with Gasteiger partial charge < -0.3 is 15.1 Å². The number of fused-ring (bicyclic) bond motifs is 1. The first-order valence-electron chi connectivity index (χ1n) is 12.1. The molecule has 176 valence electrons. The van der Waals surface area contributed by atoms with Gasteiger partial charge in [-0.3, -0.25) is 14.8 Å². The van der Waals surface area contributed by atoms with Crippen LogP contribution in [-0.2, 0) is 4.79 Å². The minimum atomic E-state index is 0.103. The molecule has 2 aromatic heterocycles. The summed E-state index contributed by atoms with van der Waals surface area (Å²) in [7, 11) is 0. The van der Waals surface area contributed by atoms with Gasteiger partial charge in [0.25, 0.3) is 0 Å². The van der Waals surface area contributed by atoms with Gasteiger partial charge in [0.15, 0.2) is 0 Å². The fourth-order valence-corrected chi connectivity index (χ4v) is 4.49. The monoisotopic (exact) mass is 465 g/mol. The number of carbonyl (C=O) groups is 1. The van der Waals surface area contributed by atoms with E-state index in [2.05, 4.69) is 42.2 Å². The average molecular weight is 466 g/mol. The fourth-order valence-electron chi connectivity index (χ4n) is 4.49. The molecule has 3 heterocycles. The van der Waals surface area contributed by atoms with E-state index in [1.54, 1.807) is 12.4 Å². The Balaban J connectivity index is 1.15. The lowest BCUT2D eigenvalue weighted by Crippen LogP contribution is -2.47. The summed E-state index contributed by atoms with van der Waals surface area (Å²) in [6.45, 7) is 3.43. The first kappa shape index (κ1) is 21.5. The van der Waals surface area contributed by atoms with E-state index >= 15 is 0 Å². The molecule has 2 aromatic carbocycles. The Morgan fingerprint density at radius 1 is 0.829 bits per heavy atom. The molecular weight excluding hydrogens is 438 g/mol. The van der Waals surface area contributed by atoms with Gasteiger partial charge in [0.2, 0.25) is 5.91 Å². The third-order valence-corrected chi connectivity index (χ3v) is 6.68. The van der Waals surface area contributed by atoms with Crippen LogP contribution in [0.2, 0.25) is 0 Å². The summed E-state index contributed by atoms with van der Waals surface area (Å²) >= 11 is 0. The zero-order valence-corrected chi connectivity index (χ0v) is 19.5. The van der Waals surface area contributed by atoms with Crippen molar-refractivity contribution in [1.29, 1.82) is 0 Å². The quantitative estimate of drug-likeness (QED) is 0.458. The molecule has 2 fully saturated rings. The lowest BCUT2D eigenvalue weighted by molar-refractivity contribution is -0.116. The number of amides is 1. The summed E-state index contributed by atoms with van der Waals surface area (Å²) in [4.78, 5) is 34.8. The van der Waals surface area contributed by atoms with Gasteiger partial charge in [-0.1, -0.05) is 18.2 Å². The van der Waals surface area contributed by atoms with Crippen molar-refractivity contribution in [2.45, 2.75) is 19.3 Å². The smallest absolute Gasteiger partial charge is 0.224 e. The molecular formula is C27H27N7O. The number of anilines is 3. The molecule has 35 heavy (non-hydrogen) atoms. The Kier molecular flexibility index (Phi) is 5.70. The normalized spacial score (nSPS) is 15.9. The SMILES string of the molecule is O=C(CC1CC1)Nc1ccc(-c2ccc3ncc(N4CCN(c5cnccn5)CC4)nc3c2)cc1. The molecule has 8 heteroatoms. The van der Waals surface area contributed by atoms with Crippen LogP contribution >= 0.6 is 0 Å². The maximum atomic E-state index is 12.1. The van der Waals surface area contributed by atoms with E-state index in [4.69, 9.17) is 4.98 Å². The lowest BCUT2D eigenvalue weighted by atomic mass is 10.0. The van der Waals surface area contributed by atoms with Crippen LogP contribution in [0.1, 0.15) is 19.3 Å². The molecule has 0 bridgehead atoms. The number of piperazine rings is 1. The highest BCUT2D eigenvalue weighted by Gasteiger charge is 2.24. The molecule has 0 unspecified atom stereocenters. The van der Waals surface area contributed by atoms with E-state index < -0.39 is 0 Å². The van der Waals surface area contributed by atoms with E-state index in [9.17, 15) is 4.79 Å². The molecule has 0 atom stereocenters. The van der Waals surface area contributed by atoms with Gasteiger partial charge in [0.05, 0.1) is 23.4 Å². The molecule has 1 saturated carbocycles. The first-order chi connectivity index (χ1) is 17.2. The van der Waals surface area contributed by atoms with Crippen LogP contribution in [0.25, 0.3) is 22.2 Å². The number of aromatic nitrogens is 4. The first-order valence-corrected chi connectivity index (χ1v) is 12.1. The number of nitrogens with zero attached hydrogens (tertiary/aromatic N) is 6. The molecule has 1 aliphatic carbocycles. The van der Waals surface area contributed by atoms with Gasteiger partial charge in [-0.15, -0.1) is 0 Å². The fraction of sp³-hybridized carbons (Fsp3) is 0.296. The van der Waals surface area contributed by atoms with Crippen LogP contribution in [-0.4, -0.2) is 52.0 Å². The van der Waals surface area contributed by atoms with E-state index in [-0.39, 0.29) is 5.91 Å². The Labute approximate surface area is 204 Å². The number of rotatable bonds is 6. The van der Waals surface area contributed by atoms with Crippen molar-refractivity contribution in [3.63, 3.8) is 0 Å². The molecule has 6 rings (SSSR count). The van der Waals surface area contributed by atoms with Gasteiger partial charge in [-0.05, 0) is 54.2 Å². The Morgan fingerprint density at radius 3 is 2.29 bits per heavy atom. The van der Waals surface area contributed by atoms with Crippen molar-refractivity contribution in [3.8, 4) is 11.1 Å². The standard InChI is InChI=1S/C27H27N7O/c35-27(15-19-1-2-19)31-22-6-3-20(4-7-22)21-5-8-23-24(16-21)32-26(18-30-23)34-13-11-33(12-14-34)25-17-28-9-10-29-25/h3-10,16-19H,1-2,11-15H2,(H,31,35). The highest BCUT2D eigenvalue weighted by molar-refractivity contribution is 5.91. The Hall–Kier alpha value is -4.07. The molecule has 8 nitrogen and oxygen atoms in total. The van der Waals surface area contributed by atoms with Crippen LogP contribution in [0.4, 0.5) is 17.3 Å². The van der Waals surface area contributed by atoms with Gasteiger partial charge in [-0.25, -0.2) is 9.97 Å². The topological polar surface area (TPSA) is 87.1 Å². The predicted molar refractivity (Wildman–Crippen MR) is 137 cm³/mol. The van der Waals surface area contributed by atoms with E-state index in [1.165, 1.54) is 12.8 Å². The molecule has 1 amide bonds. The third kappa shape index (κ3) is 4.91. The zero-order chi connectivity index (χ0) is 23.6. The number of nitrogens with one attached hydrogen (secondary N) is 1. The number of carbonyl (C=O) groups excluding carboxylic acids is 1. The minimum Gasteiger partial charge on any atom is -0.352 e. The molecule has 1 saturated heterocycles. The maximum Gasteiger partial charge on any atom is 0.224 e. The summed E-state index contributed by atoms with van der Waals surface area (Å²) in [5, 5.41) is 3.00. The average Bonchev–Trinajstić information content (AvgIpc) is 3.73. The maximum absolute atomic E-state index is 12.1. The van der Waals surface area contributed by atoms with Crippen molar-refractivity contribution in [1.82, 2.24) is 19.9 Å². The molecule has 1 aliphatic heterocycles. The second-order valence-electron chi connectivity index (χ2n) is 9.24. The largest absolute Gasteiger partial charge is 0.352 e. The second kappa shape index (κ2) is 9.29. The van der Waals surface area contributed by atoms with Crippen LogP contribution in [0.3, 0.4) is 0 Å². The zero-order valence-electron chi connectivity index (χ0n) is 19.5. The van der Waals surface area contributed by atoms with Gasteiger partial charge in [0.1, 0.15) is 11.6 Å². The highest BCUT2D eigenvalue weighted by Crippen LogP contribution is 2.32. The third-order valence-electron chi connectivity index (χ3n) is 6.68. The number of benzene rings is 2. The van der Waals surface area contributed by atoms with Crippen LogP contribution in [0, 0.1) is 5.92 Å². The van der Waals surface area contributed by atoms with E-state index in [0.717, 1.165) is 65.7 Å². The summed E-state index contributed by atoms with van der Waals surface area (Å²) in [6, 6.07) is 14.2. The summed E-state index contributed by atoms with van der Waals surface area (Å²) in [5.41, 5.74) is 4.74. The van der Waals surface area contributed by atoms with Crippen molar-refractivity contribution in [3.05, 3.63) is 67.3 Å². The van der Waals surface area contributed by atoms with Gasteiger partial charge >= 0.3 is 0 Å². The number of hydrogen-bond donors (Lipinski definition) is 1. The van der Waals surface area contributed by atoms with Crippen molar-refractivity contribution < 1.29 is 4.79 Å². The Bertz CT molecular complexity index is 1330. The van der Waals surface area contributed by atoms with Crippen LogP contribution < -0.4 is 15.1 Å². The lowest BCUT2D eigenvalue weighted by Gasteiger charge is -2.35. The summed E-state index contributed by atoms with van der Waals surface area (Å²) in [5.74, 6) is 2.49. The molecule has 1 N–H and O–H groups in total. The van der Waals surface area contributed by atoms with Crippen molar-refractivity contribution in [2.24, 2.45) is 5.92 Å². The summed E-state index contributed by atoms with van der Waals surface area (Å²) in [6.07, 6.45) is 10.1. The highest BCUT2D eigenvalue weighted by atomic mass is 16.1. The molecule has 0 spiro atoms. The minimum absolute atomic E-state index is 0.103. The van der Waals surface area contributed by atoms with Crippen molar-refractivity contribution in [2.75, 3.05) is 41.3 Å². The number of hydrogen-bond acceptors (Lipinski definition) is 7. The van der Waals surface area contributed by atoms with Crippen LogP contribution in [0.5, 0.6) is 0 Å². The Morgan fingerprint density at radius 2 is 1.57 bits per heavy atom. The van der Waals surface area contributed by atoms with E-state index in [0.29, 0.717) is 12.3 Å².